The number of amides is 3. The standard InChI is InChI=1S/C23H26N6O4.2H2/c1-15-10-19(27-22(31)28-21(30)23(32-3)7-4-5-8-23)25-12-18(15)33-17-6-9-24-20(11-17)29-13-16(2)26-14-29;;/h6,9-14H,4-5,7-8H2,1-3H3,(H2,25,27,28,30,31);2*1H. The van der Waals surface area contributed by atoms with Gasteiger partial charge in [-0.3, -0.25) is 20.0 Å². The summed E-state index contributed by atoms with van der Waals surface area (Å²) >= 11 is 0. The summed E-state index contributed by atoms with van der Waals surface area (Å²) in [4.78, 5) is 37.6. The lowest BCUT2D eigenvalue weighted by atomic mass is 10.0. The smallest absolute Gasteiger partial charge is 0.327 e. The molecule has 0 bridgehead atoms. The van der Waals surface area contributed by atoms with Crippen molar-refractivity contribution in [1.29, 1.82) is 0 Å². The Morgan fingerprint density at radius 3 is 2.61 bits per heavy atom. The molecule has 0 atom stereocenters. The minimum absolute atomic E-state index is 0. The molecule has 4 rings (SSSR count). The van der Waals surface area contributed by atoms with Crippen molar-refractivity contribution < 1.29 is 21.9 Å². The van der Waals surface area contributed by atoms with E-state index in [2.05, 4.69) is 25.6 Å². The molecule has 33 heavy (non-hydrogen) atoms. The van der Waals surface area contributed by atoms with Gasteiger partial charge in [-0.05, 0) is 57.2 Å². The van der Waals surface area contributed by atoms with E-state index in [0.29, 0.717) is 36.0 Å². The van der Waals surface area contributed by atoms with Crippen LogP contribution >= 0.6 is 0 Å². The van der Waals surface area contributed by atoms with Crippen molar-refractivity contribution in [1.82, 2.24) is 24.8 Å². The van der Waals surface area contributed by atoms with Crippen LogP contribution < -0.4 is 15.4 Å². The Labute approximate surface area is 194 Å². The topological polar surface area (TPSA) is 120 Å². The lowest BCUT2D eigenvalue weighted by Crippen LogP contribution is -2.49. The molecule has 0 unspecified atom stereocenters. The van der Waals surface area contributed by atoms with E-state index in [-0.39, 0.29) is 2.85 Å². The molecule has 3 heterocycles. The van der Waals surface area contributed by atoms with Crippen LogP contribution in [0, 0.1) is 13.8 Å². The minimum atomic E-state index is -0.933. The van der Waals surface area contributed by atoms with Gasteiger partial charge in [-0.1, -0.05) is 0 Å². The van der Waals surface area contributed by atoms with Gasteiger partial charge in [-0.15, -0.1) is 0 Å². The van der Waals surface area contributed by atoms with Gasteiger partial charge in [0, 0.05) is 28.4 Å². The molecule has 10 nitrogen and oxygen atoms in total. The third-order valence-electron chi connectivity index (χ3n) is 5.67. The molecule has 3 aromatic rings. The summed E-state index contributed by atoms with van der Waals surface area (Å²) in [6.45, 7) is 3.74. The zero-order valence-electron chi connectivity index (χ0n) is 18.8. The monoisotopic (exact) mass is 454 g/mol. The van der Waals surface area contributed by atoms with Gasteiger partial charge in [0.15, 0.2) is 0 Å². The Bertz CT molecular complexity index is 1180. The SMILES string of the molecule is COC1(C(=O)NC(=O)Nc2cc(C)c(Oc3ccnc(-n4cnc(C)c4)c3)cn2)CCCC1.[HH].[HH]. The van der Waals surface area contributed by atoms with Crippen LogP contribution in [0.25, 0.3) is 5.82 Å². The number of methoxy groups -OCH3 is 1. The number of nitrogens with one attached hydrogen (secondary N) is 2. The summed E-state index contributed by atoms with van der Waals surface area (Å²) in [5.41, 5.74) is 0.710. The largest absolute Gasteiger partial charge is 0.455 e. The van der Waals surface area contributed by atoms with Crippen molar-refractivity contribution >= 4 is 17.8 Å². The number of aryl methyl sites for hydroxylation is 2. The van der Waals surface area contributed by atoms with Crippen molar-refractivity contribution in [2.24, 2.45) is 0 Å². The highest BCUT2D eigenvalue weighted by atomic mass is 16.5. The Morgan fingerprint density at radius 2 is 1.94 bits per heavy atom. The van der Waals surface area contributed by atoms with Crippen molar-refractivity contribution in [2.45, 2.75) is 45.1 Å². The number of aromatic nitrogens is 4. The number of anilines is 1. The molecule has 1 aliphatic carbocycles. The van der Waals surface area contributed by atoms with Gasteiger partial charge in [0.05, 0.1) is 11.9 Å². The number of nitrogens with zero attached hydrogens (tertiary/aromatic N) is 4. The second-order valence-corrected chi connectivity index (χ2v) is 8.02. The first-order valence-corrected chi connectivity index (χ1v) is 10.7. The van der Waals surface area contributed by atoms with Crippen molar-refractivity contribution in [3.63, 3.8) is 0 Å². The summed E-state index contributed by atoms with van der Waals surface area (Å²) in [6.07, 6.45) is 9.71. The van der Waals surface area contributed by atoms with Crippen LogP contribution in [0.1, 0.15) is 39.8 Å². The number of ether oxygens (including phenoxy) is 2. The van der Waals surface area contributed by atoms with E-state index < -0.39 is 17.5 Å². The second kappa shape index (κ2) is 9.37. The van der Waals surface area contributed by atoms with E-state index in [0.717, 1.165) is 24.1 Å². The molecule has 1 aliphatic rings. The number of imidazole rings is 1. The first-order valence-electron chi connectivity index (χ1n) is 10.7. The van der Waals surface area contributed by atoms with Gasteiger partial charge >= 0.3 is 6.03 Å². The van der Waals surface area contributed by atoms with E-state index in [1.54, 1.807) is 35.3 Å². The number of imide groups is 1. The average Bonchev–Trinajstić information content (AvgIpc) is 3.46. The van der Waals surface area contributed by atoms with E-state index in [9.17, 15) is 9.59 Å². The van der Waals surface area contributed by atoms with E-state index in [1.165, 1.54) is 13.3 Å². The molecule has 0 radical (unpaired) electrons. The molecule has 0 saturated heterocycles. The van der Waals surface area contributed by atoms with Crippen LogP contribution in [0.2, 0.25) is 0 Å². The molecule has 2 N–H and O–H groups in total. The normalized spacial score (nSPS) is 14.6. The third kappa shape index (κ3) is 5.01. The Hall–Kier alpha value is -3.79. The number of hydrogen-bond acceptors (Lipinski definition) is 7. The van der Waals surface area contributed by atoms with Gasteiger partial charge in [-0.2, -0.15) is 0 Å². The average molecular weight is 455 g/mol. The second-order valence-electron chi connectivity index (χ2n) is 8.02. The van der Waals surface area contributed by atoms with Gasteiger partial charge in [0.2, 0.25) is 0 Å². The molecular weight excluding hydrogens is 424 g/mol. The molecule has 0 spiro atoms. The van der Waals surface area contributed by atoms with Gasteiger partial charge in [0.1, 0.15) is 35.1 Å². The van der Waals surface area contributed by atoms with E-state index in [1.807, 2.05) is 20.0 Å². The number of urea groups is 1. The van der Waals surface area contributed by atoms with Crippen LogP contribution in [0.4, 0.5) is 10.6 Å². The summed E-state index contributed by atoms with van der Waals surface area (Å²) in [7, 11) is 1.49. The third-order valence-corrected chi connectivity index (χ3v) is 5.67. The Balaban J connectivity index is 0.00000216. The van der Waals surface area contributed by atoms with Crippen LogP contribution in [0.5, 0.6) is 11.5 Å². The molecule has 1 fully saturated rings. The van der Waals surface area contributed by atoms with Gasteiger partial charge in [-0.25, -0.2) is 19.7 Å². The predicted octanol–water partition coefficient (Wildman–Crippen LogP) is 4.17. The summed E-state index contributed by atoms with van der Waals surface area (Å²) in [5.74, 6) is 1.65. The zero-order chi connectivity index (χ0) is 23.4. The molecule has 0 aliphatic heterocycles. The van der Waals surface area contributed by atoms with Gasteiger partial charge in [0.25, 0.3) is 5.91 Å². The van der Waals surface area contributed by atoms with Crippen LogP contribution in [-0.4, -0.2) is 44.2 Å². The fourth-order valence-electron chi connectivity index (χ4n) is 3.83. The number of carbonyl (C=O) groups excluding carboxylic acids is 2. The molecule has 3 amide bonds. The fraction of sp³-hybridized carbons (Fsp3) is 0.348. The molecular formula is C23H30N6O4. The lowest BCUT2D eigenvalue weighted by molar-refractivity contribution is -0.141. The summed E-state index contributed by atoms with van der Waals surface area (Å²) in [6, 6.07) is 4.55. The van der Waals surface area contributed by atoms with E-state index in [4.69, 9.17) is 9.47 Å². The Kier molecular flexibility index (Phi) is 6.36. The first kappa shape index (κ1) is 22.4. The zero-order valence-corrected chi connectivity index (χ0v) is 18.8. The van der Waals surface area contributed by atoms with Crippen LogP contribution in [-0.2, 0) is 9.53 Å². The summed E-state index contributed by atoms with van der Waals surface area (Å²) in [5, 5.41) is 4.95. The van der Waals surface area contributed by atoms with Crippen molar-refractivity contribution in [2.75, 3.05) is 12.4 Å². The highest BCUT2D eigenvalue weighted by Crippen LogP contribution is 2.33. The highest BCUT2D eigenvalue weighted by Gasteiger charge is 2.42. The molecule has 1 saturated carbocycles. The number of rotatable bonds is 6. The number of pyridine rings is 2. The van der Waals surface area contributed by atoms with Crippen molar-refractivity contribution in [3.05, 3.63) is 54.4 Å². The number of hydrogen-bond donors (Lipinski definition) is 2. The van der Waals surface area contributed by atoms with E-state index >= 15 is 0 Å². The Morgan fingerprint density at radius 1 is 1.15 bits per heavy atom. The van der Waals surface area contributed by atoms with Gasteiger partial charge < -0.3 is 9.47 Å². The maximum atomic E-state index is 12.5. The maximum Gasteiger partial charge on any atom is 0.327 e. The van der Waals surface area contributed by atoms with Crippen LogP contribution in [0.3, 0.4) is 0 Å². The summed E-state index contributed by atoms with van der Waals surface area (Å²) < 4.78 is 13.2. The molecule has 176 valence electrons. The van der Waals surface area contributed by atoms with Crippen LogP contribution in [0.15, 0.2) is 43.1 Å². The molecule has 0 aromatic carbocycles. The molecule has 10 heteroatoms. The minimum Gasteiger partial charge on any atom is -0.455 e. The molecule has 3 aromatic heterocycles. The highest BCUT2D eigenvalue weighted by molar-refractivity contribution is 6.03. The lowest BCUT2D eigenvalue weighted by Gasteiger charge is -2.25. The number of carbonyl (C=O) groups is 2. The maximum absolute atomic E-state index is 12.5. The predicted molar refractivity (Wildman–Crippen MR) is 125 cm³/mol. The first-order chi connectivity index (χ1) is 15.9. The quantitative estimate of drug-likeness (QED) is 0.573. The fourth-order valence-corrected chi connectivity index (χ4v) is 3.83. The van der Waals surface area contributed by atoms with Crippen molar-refractivity contribution in [3.8, 4) is 17.3 Å².